The van der Waals surface area contributed by atoms with Gasteiger partial charge in [-0.05, 0) is 31.2 Å². The Morgan fingerprint density at radius 2 is 2.10 bits per heavy atom. The number of hydrogen-bond acceptors (Lipinski definition) is 3. The van der Waals surface area contributed by atoms with Gasteiger partial charge in [0.25, 0.3) is 5.91 Å². The molecule has 1 saturated heterocycles. The number of nitrogens with zero attached hydrogens (tertiary/aromatic N) is 1. The van der Waals surface area contributed by atoms with Crippen molar-refractivity contribution in [3.8, 4) is 5.75 Å². The summed E-state index contributed by atoms with van der Waals surface area (Å²) in [5.74, 6) is -0.102. The Morgan fingerprint density at radius 1 is 1.43 bits per heavy atom. The molecule has 2 unspecified atom stereocenters. The van der Waals surface area contributed by atoms with Crippen LogP contribution in [0.1, 0.15) is 17.3 Å². The SMILES string of the molecule is CC1CN(C(=O)c2ccc(OC(F)F)cc2)CC(CBr)O1. The van der Waals surface area contributed by atoms with E-state index < -0.39 is 6.61 Å². The number of halogens is 3. The maximum absolute atomic E-state index is 12.4. The van der Waals surface area contributed by atoms with E-state index in [1.54, 1.807) is 4.90 Å². The lowest BCUT2D eigenvalue weighted by atomic mass is 10.1. The number of alkyl halides is 3. The maximum atomic E-state index is 12.4. The zero-order valence-corrected chi connectivity index (χ0v) is 13.1. The molecule has 1 aromatic carbocycles. The highest BCUT2D eigenvalue weighted by Crippen LogP contribution is 2.19. The van der Waals surface area contributed by atoms with Crippen molar-refractivity contribution in [1.29, 1.82) is 0 Å². The van der Waals surface area contributed by atoms with Crippen molar-refractivity contribution in [2.45, 2.75) is 25.7 Å². The van der Waals surface area contributed by atoms with Crippen LogP contribution in [0.15, 0.2) is 24.3 Å². The van der Waals surface area contributed by atoms with Crippen LogP contribution in [0.5, 0.6) is 5.75 Å². The molecule has 21 heavy (non-hydrogen) atoms. The Bertz CT molecular complexity index is 484. The van der Waals surface area contributed by atoms with Crippen LogP contribution in [-0.4, -0.2) is 48.0 Å². The van der Waals surface area contributed by atoms with Crippen LogP contribution in [-0.2, 0) is 4.74 Å². The van der Waals surface area contributed by atoms with Gasteiger partial charge in [-0.15, -0.1) is 0 Å². The minimum absolute atomic E-state index is 0.0355. The van der Waals surface area contributed by atoms with Gasteiger partial charge in [-0.1, -0.05) is 15.9 Å². The summed E-state index contributed by atoms with van der Waals surface area (Å²) in [5, 5.41) is 0.655. The minimum Gasteiger partial charge on any atom is -0.435 e. The lowest BCUT2D eigenvalue weighted by Crippen LogP contribution is -2.49. The Morgan fingerprint density at radius 3 is 2.67 bits per heavy atom. The van der Waals surface area contributed by atoms with E-state index in [1.165, 1.54) is 24.3 Å². The van der Waals surface area contributed by atoms with E-state index in [1.807, 2.05) is 6.92 Å². The molecule has 0 aliphatic carbocycles. The highest BCUT2D eigenvalue weighted by Gasteiger charge is 2.28. The molecule has 1 fully saturated rings. The lowest BCUT2D eigenvalue weighted by Gasteiger charge is -2.36. The molecule has 4 nitrogen and oxygen atoms in total. The topological polar surface area (TPSA) is 38.8 Å². The first-order valence-electron chi connectivity index (χ1n) is 6.55. The standard InChI is InChI=1S/C14H16BrF2NO3/c1-9-7-18(8-12(6-15)20-9)13(19)10-2-4-11(5-3-10)21-14(16)17/h2-5,9,12,14H,6-8H2,1H3. The number of ether oxygens (including phenoxy) is 2. The van der Waals surface area contributed by atoms with Crippen LogP contribution >= 0.6 is 15.9 Å². The molecule has 1 heterocycles. The number of hydrogen-bond donors (Lipinski definition) is 0. The molecule has 1 aromatic rings. The smallest absolute Gasteiger partial charge is 0.387 e. The van der Waals surface area contributed by atoms with E-state index >= 15 is 0 Å². The molecule has 1 amide bonds. The van der Waals surface area contributed by atoms with Crippen LogP contribution < -0.4 is 4.74 Å². The van der Waals surface area contributed by atoms with E-state index in [0.717, 1.165) is 0 Å². The monoisotopic (exact) mass is 363 g/mol. The van der Waals surface area contributed by atoms with Gasteiger partial charge in [0.1, 0.15) is 5.75 Å². The first kappa shape index (κ1) is 16.2. The molecule has 1 aliphatic rings. The summed E-state index contributed by atoms with van der Waals surface area (Å²) in [6.45, 7) is 0.0575. The van der Waals surface area contributed by atoms with E-state index in [0.29, 0.717) is 24.0 Å². The van der Waals surface area contributed by atoms with Gasteiger partial charge in [-0.3, -0.25) is 4.79 Å². The highest BCUT2D eigenvalue weighted by atomic mass is 79.9. The molecule has 0 bridgehead atoms. The molecule has 2 rings (SSSR count). The zero-order chi connectivity index (χ0) is 15.4. The van der Waals surface area contributed by atoms with Crippen molar-refractivity contribution in [3.63, 3.8) is 0 Å². The zero-order valence-electron chi connectivity index (χ0n) is 11.5. The largest absolute Gasteiger partial charge is 0.435 e. The van der Waals surface area contributed by atoms with Crippen molar-refractivity contribution in [3.05, 3.63) is 29.8 Å². The van der Waals surface area contributed by atoms with Crippen molar-refractivity contribution >= 4 is 21.8 Å². The third-order valence-electron chi connectivity index (χ3n) is 3.11. The van der Waals surface area contributed by atoms with E-state index in [2.05, 4.69) is 20.7 Å². The third kappa shape index (κ3) is 4.38. The molecule has 116 valence electrons. The number of rotatable bonds is 4. The van der Waals surface area contributed by atoms with Crippen molar-refractivity contribution in [2.75, 3.05) is 18.4 Å². The summed E-state index contributed by atoms with van der Waals surface area (Å²) in [6.07, 6.45) is -0.0779. The summed E-state index contributed by atoms with van der Waals surface area (Å²) in [5.41, 5.74) is 0.444. The lowest BCUT2D eigenvalue weighted by molar-refractivity contribution is -0.0560. The Hall–Kier alpha value is -1.21. The Balaban J connectivity index is 2.05. The average molecular weight is 364 g/mol. The first-order valence-corrected chi connectivity index (χ1v) is 7.67. The fraction of sp³-hybridized carbons (Fsp3) is 0.500. The molecule has 0 spiro atoms. The number of carbonyl (C=O) groups excluding carboxylic acids is 1. The van der Waals surface area contributed by atoms with Gasteiger partial charge in [0.15, 0.2) is 0 Å². The number of morpholine rings is 1. The predicted molar refractivity (Wildman–Crippen MR) is 77.1 cm³/mol. The molecule has 0 saturated carbocycles. The van der Waals surface area contributed by atoms with Gasteiger partial charge >= 0.3 is 6.61 Å². The molecular weight excluding hydrogens is 348 g/mol. The quantitative estimate of drug-likeness (QED) is 0.772. The van der Waals surface area contributed by atoms with Crippen molar-refractivity contribution < 1.29 is 23.0 Å². The first-order chi connectivity index (χ1) is 9.99. The van der Waals surface area contributed by atoms with Crippen LogP contribution in [0.4, 0.5) is 8.78 Å². The summed E-state index contributed by atoms with van der Waals surface area (Å²) in [7, 11) is 0. The van der Waals surface area contributed by atoms with Crippen LogP contribution in [0.2, 0.25) is 0 Å². The fourth-order valence-corrected chi connectivity index (χ4v) is 2.62. The number of benzene rings is 1. The van der Waals surface area contributed by atoms with Crippen LogP contribution in [0.3, 0.4) is 0 Å². The summed E-state index contributed by atoms with van der Waals surface area (Å²) in [4.78, 5) is 14.1. The Labute approximate surface area is 130 Å². The molecule has 0 N–H and O–H groups in total. The van der Waals surface area contributed by atoms with E-state index in [4.69, 9.17) is 4.74 Å². The van der Waals surface area contributed by atoms with Crippen LogP contribution in [0, 0.1) is 0 Å². The Kier molecular flexibility index (Phi) is 5.52. The van der Waals surface area contributed by atoms with Gasteiger partial charge in [-0.25, -0.2) is 0 Å². The molecule has 2 atom stereocenters. The van der Waals surface area contributed by atoms with E-state index in [-0.39, 0.29) is 23.9 Å². The number of carbonyl (C=O) groups is 1. The molecule has 0 aromatic heterocycles. The average Bonchev–Trinajstić information content (AvgIpc) is 2.46. The van der Waals surface area contributed by atoms with Gasteiger partial charge in [0.05, 0.1) is 12.2 Å². The molecule has 1 aliphatic heterocycles. The van der Waals surface area contributed by atoms with E-state index in [9.17, 15) is 13.6 Å². The molecule has 0 radical (unpaired) electrons. The number of amides is 1. The second kappa shape index (κ2) is 7.17. The predicted octanol–water partition coefficient (Wildman–Crippen LogP) is 2.91. The molecular formula is C14H16BrF2NO3. The van der Waals surface area contributed by atoms with Crippen molar-refractivity contribution in [2.24, 2.45) is 0 Å². The second-order valence-electron chi connectivity index (χ2n) is 4.84. The molecule has 7 heteroatoms. The van der Waals surface area contributed by atoms with Crippen LogP contribution in [0.25, 0.3) is 0 Å². The van der Waals surface area contributed by atoms with Gasteiger partial charge in [0.2, 0.25) is 0 Å². The summed E-state index contributed by atoms with van der Waals surface area (Å²) < 4.78 is 34.1. The fourth-order valence-electron chi connectivity index (χ4n) is 2.26. The van der Waals surface area contributed by atoms with Gasteiger partial charge in [-0.2, -0.15) is 8.78 Å². The normalized spacial score (nSPS) is 22.4. The second-order valence-corrected chi connectivity index (χ2v) is 5.48. The van der Waals surface area contributed by atoms with Gasteiger partial charge in [0, 0.05) is 24.0 Å². The van der Waals surface area contributed by atoms with Gasteiger partial charge < -0.3 is 14.4 Å². The summed E-state index contributed by atoms with van der Waals surface area (Å²) >= 11 is 3.35. The third-order valence-corrected chi connectivity index (χ3v) is 3.83. The van der Waals surface area contributed by atoms with Crippen molar-refractivity contribution in [1.82, 2.24) is 4.90 Å². The highest BCUT2D eigenvalue weighted by molar-refractivity contribution is 9.09. The minimum atomic E-state index is -2.87. The summed E-state index contributed by atoms with van der Waals surface area (Å²) in [6, 6.07) is 5.71. The maximum Gasteiger partial charge on any atom is 0.387 e.